The molecule has 0 spiro atoms. The second-order valence-corrected chi connectivity index (χ2v) is 6.58. The number of thioether (sulfide) groups is 1. The van der Waals surface area contributed by atoms with Gasteiger partial charge in [0.25, 0.3) is 0 Å². The number of nitrogens with one attached hydrogen (secondary N) is 1. The molecule has 0 unspecified atom stereocenters. The molecule has 3 nitrogen and oxygen atoms in total. The van der Waals surface area contributed by atoms with Crippen LogP contribution in [0, 0.1) is 6.92 Å². The van der Waals surface area contributed by atoms with Gasteiger partial charge in [0.2, 0.25) is 0 Å². The Balaban J connectivity index is 1.89. The highest BCUT2D eigenvalue weighted by molar-refractivity contribution is 7.99. The van der Waals surface area contributed by atoms with E-state index in [1.165, 1.54) is 25.0 Å². The van der Waals surface area contributed by atoms with Gasteiger partial charge in [-0.2, -0.15) is 11.8 Å². The summed E-state index contributed by atoms with van der Waals surface area (Å²) in [5.74, 6) is 1.23. The zero-order valence-corrected chi connectivity index (χ0v) is 12.3. The third kappa shape index (κ3) is 3.45. The van der Waals surface area contributed by atoms with Crippen LogP contribution in [-0.2, 0) is 0 Å². The minimum absolute atomic E-state index is 0.300. The maximum absolute atomic E-state index is 4.45. The summed E-state index contributed by atoms with van der Waals surface area (Å²) in [7, 11) is 0. The molecule has 1 aliphatic carbocycles. The maximum Gasteiger partial charge on any atom is 0.0782 e. The Bertz CT molecular complexity index is 383. The van der Waals surface area contributed by atoms with Crippen molar-refractivity contribution in [2.45, 2.75) is 57.4 Å². The van der Waals surface area contributed by atoms with Crippen LogP contribution in [-0.4, -0.2) is 27.0 Å². The number of aryl methyl sites for hydroxylation is 1. The van der Waals surface area contributed by atoms with Crippen LogP contribution in [0.1, 0.15) is 50.5 Å². The summed E-state index contributed by atoms with van der Waals surface area (Å²) < 4.78 is 0. The van der Waals surface area contributed by atoms with Crippen molar-refractivity contribution in [2.24, 2.45) is 0 Å². The van der Waals surface area contributed by atoms with E-state index < -0.39 is 0 Å². The molecule has 2 rings (SSSR count). The van der Waals surface area contributed by atoms with E-state index in [2.05, 4.69) is 40.9 Å². The molecule has 0 radical (unpaired) electrons. The molecule has 18 heavy (non-hydrogen) atoms. The average molecular weight is 265 g/mol. The van der Waals surface area contributed by atoms with Gasteiger partial charge in [-0.25, -0.2) is 0 Å². The van der Waals surface area contributed by atoms with Gasteiger partial charge in [0.15, 0.2) is 0 Å². The summed E-state index contributed by atoms with van der Waals surface area (Å²) in [4.78, 5) is 8.76. The van der Waals surface area contributed by atoms with Crippen molar-refractivity contribution < 1.29 is 0 Å². The van der Waals surface area contributed by atoms with Gasteiger partial charge in [0.05, 0.1) is 11.4 Å². The van der Waals surface area contributed by atoms with Crippen molar-refractivity contribution in [1.82, 2.24) is 15.3 Å². The number of hydrogen-bond donors (Lipinski definition) is 1. The molecule has 1 heterocycles. The normalized spacial score (nSPS) is 25.3. The molecule has 1 aliphatic rings. The van der Waals surface area contributed by atoms with Crippen LogP contribution in [0.5, 0.6) is 0 Å². The number of hydrogen-bond acceptors (Lipinski definition) is 4. The SMILES string of the molecule is CCS[C@@H]1CC[C@@H](N[C@@H](C)c2nccnc2C)C1. The summed E-state index contributed by atoms with van der Waals surface area (Å²) in [6, 6.07) is 0.944. The van der Waals surface area contributed by atoms with Crippen molar-refractivity contribution in [3.05, 3.63) is 23.8 Å². The smallest absolute Gasteiger partial charge is 0.0782 e. The lowest BCUT2D eigenvalue weighted by molar-refractivity contribution is 0.453. The Kier molecular flexibility index (Phi) is 5.01. The van der Waals surface area contributed by atoms with Crippen molar-refractivity contribution in [3.63, 3.8) is 0 Å². The van der Waals surface area contributed by atoms with Gasteiger partial charge in [-0.3, -0.25) is 9.97 Å². The van der Waals surface area contributed by atoms with Crippen LogP contribution < -0.4 is 5.32 Å². The fraction of sp³-hybridized carbons (Fsp3) is 0.714. The summed E-state index contributed by atoms with van der Waals surface area (Å²) in [5.41, 5.74) is 2.12. The average Bonchev–Trinajstić information content (AvgIpc) is 2.77. The van der Waals surface area contributed by atoms with E-state index in [0.717, 1.165) is 16.6 Å². The van der Waals surface area contributed by atoms with Gasteiger partial charge in [-0.1, -0.05) is 6.92 Å². The van der Waals surface area contributed by atoms with Gasteiger partial charge >= 0.3 is 0 Å². The minimum atomic E-state index is 0.300. The molecule has 0 bridgehead atoms. The van der Waals surface area contributed by atoms with Gasteiger partial charge in [-0.05, 0) is 38.9 Å². The number of aromatic nitrogens is 2. The van der Waals surface area contributed by atoms with Gasteiger partial charge in [0.1, 0.15) is 0 Å². The van der Waals surface area contributed by atoms with Crippen LogP contribution in [0.4, 0.5) is 0 Å². The van der Waals surface area contributed by atoms with Crippen molar-refractivity contribution >= 4 is 11.8 Å². The molecule has 1 saturated carbocycles. The molecule has 4 heteroatoms. The Hall–Kier alpha value is -0.610. The monoisotopic (exact) mass is 265 g/mol. The van der Waals surface area contributed by atoms with E-state index in [-0.39, 0.29) is 0 Å². The van der Waals surface area contributed by atoms with Crippen LogP contribution in [0.25, 0.3) is 0 Å². The molecule has 1 fully saturated rings. The molecular formula is C14H23N3S. The maximum atomic E-state index is 4.45. The van der Waals surface area contributed by atoms with Crippen LogP contribution >= 0.6 is 11.8 Å². The summed E-state index contributed by atoms with van der Waals surface area (Å²) in [6.45, 7) is 6.47. The zero-order chi connectivity index (χ0) is 13.0. The van der Waals surface area contributed by atoms with Crippen LogP contribution in [0.15, 0.2) is 12.4 Å². The van der Waals surface area contributed by atoms with E-state index in [1.807, 2.05) is 6.92 Å². The fourth-order valence-electron chi connectivity index (χ4n) is 2.75. The Morgan fingerprint density at radius 1 is 1.39 bits per heavy atom. The van der Waals surface area contributed by atoms with Crippen molar-refractivity contribution in [2.75, 3.05) is 5.75 Å². The molecule has 100 valence electrons. The van der Waals surface area contributed by atoms with Gasteiger partial charge in [0, 0.05) is 29.7 Å². The molecular weight excluding hydrogens is 242 g/mol. The van der Waals surface area contributed by atoms with E-state index in [9.17, 15) is 0 Å². The Morgan fingerprint density at radius 2 is 2.17 bits per heavy atom. The lowest BCUT2D eigenvalue weighted by Crippen LogP contribution is -2.30. The molecule has 0 saturated heterocycles. The highest BCUT2D eigenvalue weighted by atomic mass is 32.2. The van der Waals surface area contributed by atoms with Crippen molar-refractivity contribution in [1.29, 1.82) is 0 Å². The second-order valence-electron chi connectivity index (χ2n) is 5.00. The largest absolute Gasteiger partial charge is 0.306 e. The minimum Gasteiger partial charge on any atom is -0.306 e. The molecule has 3 atom stereocenters. The van der Waals surface area contributed by atoms with E-state index >= 15 is 0 Å². The first-order valence-electron chi connectivity index (χ1n) is 6.85. The number of nitrogens with zero attached hydrogens (tertiary/aromatic N) is 2. The topological polar surface area (TPSA) is 37.8 Å². The third-order valence-corrected chi connectivity index (χ3v) is 4.83. The Morgan fingerprint density at radius 3 is 2.89 bits per heavy atom. The van der Waals surface area contributed by atoms with Crippen molar-refractivity contribution in [3.8, 4) is 0 Å². The summed E-state index contributed by atoms with van der Waals surface area (Å²) in [6.07, 6.45) is 7.48. The molecule has 0 aromatic carbocycles. The van der Waals surface area contributed by atoms with Gasteiger partial charge in [-0.15, -0.1) is 0 Å². The molecule has 1 N–H and O–H groups in total. The zero-order valence-electron chi connectivity index (χ0n) is 11.5. The lowest BCUT2D eigenvalue weighted by Gasteiger charge is -2.20. The predicted molar refractivity (Wildman–Crippen MR) is 77.9 cm³/mol. The first-order valence-corrected chi connectivity index (χ1v) is 7.90. The van der Waals surface area contributed by atoms with Crippen LogP contribution in [0.2, 0.25) is 0 Å². The molecule has 0 aliphatic heterocycles. The van der Waals surface area contributed by atoms with E-state index in [0.29, 0.717) is 12.1 Å². The van der Waals surface area contributed by atoms with E-state index in [1.54, 1.807) is 12.4 Å². The first-order chi connectivity index (χ1) is 8.70. The molecule has 1 aromatic rings. The Labute approximate surface area is 114 Å². The first kappa shape index (κ1) is 13.8. The molecule has 0 amide bonds. The summed E-state index contributed by atoms with van der Waals surface area (Å²) in [5, 5.41) is 4.56. The second kappa shape index (κ2) is 6.53. The molecule has 1 aromatic heterocycles. The highest BCUT2D eigenvalue weighted by Crippen LogP contribution is 2.30. The van der Waals surface area contributed by atoms with E-state index in [4.69, 9.17) is 0 Å². The predicted octanol–water partition coefficient (Wildman–Crippen LogP) is 3.11. The highest BCUT2D eigenvalue weighted by Gasteiger charge is 2.26. The standard InChI is InChI=1S/C14H23N3S/c1-4-18-13-6-5-12(9-13)17-11(3)14-10(2)15-7-8-16-14/h7-8,11-13,17H,4-6,9H2,1-3H3/t11-,12+,13+/m0/s1. The number of rotatable bonds is 5. The third-order valence-electron chi connectivity index (χ3n) is 3.60. The van der Waals surface area contributed by atoms with Crippen LogP contribution in [0.3, 0.4) is 0 Å². The van der Waals surface area contributed by atoms with Gasteiger partial charge < -0.3 is 5.32 Å². The quantitative estimate of drug-likeness (QED) is 0.887. The summed E-state index contributed by atoms with van der Waals surface area (Å²) >= 11 is 2.10. The lowest BCUT2D eigenvalue weighted by atomic mass is 10.1. The fourth-order valence-corrected chi connectivity index (χ4v) is 3.90.